The van der Waals surface area contributed by atoms with Crippen LogP contribution in [0.25, 0.3) is 0 Å². The lowest BCUT2D eigenvalue weighted by Crippen LogP contribution is -2.43. The summed E-state index contributed by atoms with van der Waals surface area (Å²) in [5.74, 6) is -0.0279. The fourth-order valence-corrected chi connectivity index (χ4v) is 4.43. The highest BCUT2D eigenvalue weighted by Gasteiger charge is 2.38. The summed E-state index contributed by atoms with van der Waals surface area (Å²) < 4.78 is 0. The first-order chi connectivity index (χ1) is 14.9. The molecule has 2 aliphatic heterocycles. The van der Waals surface area contributed by atoms with Crippen LogP contribution in [-0.4, -0.2) is 42.3 Å². The number of piperidine rings is 1. The zero-order chi connectivity index (χ0) is 22.0. The van der Waals surface area contributed by atoms with E-state index in [1.165, 1.54) is 0 Å². The van der Waals surface area contributed by atoms with Gasteiger partial charge in [0, 0.05) is 43.0 Å². The van der Waals surface area contributed by atoms with E-state index in [1.807, 2.05) is 42.2 Å². The van der Waals surface area contributed by atoms with Gasteiger partial charge >= 0.3 is 0 Å². The molecule has 2 aromatic rings. The van der Waals surface area contributed by atoms with Crippen molar-refractivity contribution in [2.24, 2.45) is 11.8 Å². The summed E-state index contributed by atoms with van der Waals surface area (Å²) in [7, 11) is 0. The number of carbonyl (C=O) groups is 3. The van der Waals surface area contributed by atoms with Crippen LogP contribution in [0.1, 0.15) is 42.1 Å². The molecule has 0 saturated carbocycles. The predicted molar refractivity (Wildman–Crippen MR) is 121 cm³/mol. The normalized spacial score (nSPS) is 21.3. The molecule has 162 valence electrons. The maximum absolute atomic E-state index is 13.0. The fourth-order valence-electron chi connectivity index (χ4n) is 4.43. The number of rotatable bonds is 4. The van der Waals surface area contributed by atoms with Crippen molar-refractivity contribution in [1.82, 2.24) is 4.90 Å². The van der Waals surface area contributed by atoms with Gasteiger partial charge in [0.25, 0.3) is 5.91 Å². The van der Waals surface area contributed by atoms with E-state index in [0.29, 0.717) is 23.7 Å². The average molecular weight is 420 g/mol. The van der Waals surface area contributed by atoms with Gasteiger partial charge in [-0.1, -0.05) is 30.7 Å². The molecule has 6 heteroatoms. The molecule has 0 bridgehead atoms. The van der Waals surface area contributed by atoms with Gasteiger partial charge in [-0.15, -0.1) is 0 Å². The molecule has 2 aliphatic rings. The minimum atomic E-state index is -0.317. The Balaban J connectivity index is 1.44. The molecule has 3 amide bonds. The first-order valence-corrected chi connectivity index (χ1v) is 11.0. The second kappa shape index (κ2) is 8.92. The van der Waals surface area contributed by atoms with Crippen LogP contribution in [0.4, 0.5) is 11.4 Å². The SMILES string of the molecule is Cc1ccc(NC(=O)c2cccc(N3C[C@@H](C(=O)N4CCC[C@H](C)C4)CC3=O)c2)cc1. The van der Waals surface area contributed by atoms with Gasteiger partial charge in [-0.05, 0) is 56.0 Å². The van der Waals surface area contributed by atoms with Crippen LogP contribution < -0.4 is 10.2 Å². The minimum Gasteiger partial charge on any atom is -0.342 e. The van der Waals surface area contributed by atoms with Crippen LogP contribution in [-0.2, 0) is 9.59 Å². The summed E-state index contributed by atoms with van der Waals surface area (Å²) in [5, 5.41) is 2.89. The van der Waals surface area contributed by atoms with E-state index >= 15 is 0 Å². The van der Waals surface area contributed by atoms with Gasteiger partial charge in [0.1, 0.15) is 0 Å². The monoisotopic (exact) mass is 419 g/mol. The number of hydrogen-bond donors (Lipinski definition) is 1. The lowest BCUT2D eigenvalue weighted by atomic mass is 9.98. The van der Waals surface area contributed by atoms with Crippen LogP contribution in [0, 0.1) is 18.8 Å². The van der Waals surface area contributed by atoms with E-state index in [-0.39, 0.29) is 30.1 Å². The van der Waals surface area contributed by atoms with Gasteiger partial charge in [-0.3, -0.25) is 14.4 Å². The van der Waals surface area contributed by atoms with E-state index in [9.17, 15) is 14.4 Å². The number of aryl methyl sites for hydroxylation is 1. The Morgan fingerprint density at radius 1 is 1.06 bits per heavy atom. The van der Waals surface area contributed by atoms with E-state index in [2.05, 4.69) is 12.2 Å². The standard InChI is InChI=1S/C25H29N3O3/c1-17-8-10-21(11-9-17)26-24(30)19-6-3-7-22(13-19)28-16-20(14-23(28)29)25(31)27-12-4-5-18(2)15-27/h3,6-11,13,18,20H,4-5,12,14-16H2,1-2H3,(H,26,30)/t18-,20-/m0/s1. The molecule has 6 nitrogen and oxygen atoms in total. The minimum absolute atomic E-state index is 0.0699. The molecule has 2 aromatic carbocycles. The number of nitrogens with zero attached hydrogens (tertiary/aromatic N) is 2. The first-order valence-electron chi connectivity index (χ1n) is 11.0. The first kappa shape index (κ1) is 21.1. The largest absolute Gasteiger partial charge is 0.342 e. The lowest BCUT2D eigenvalue weighted by Gasteiger charge is -2.32. The van der Waals surface area contributed by atoms with Crippen LogP contribution >= 0.6 is 0 Å². The van der Waals surface area contributed by atoms with Crippen molar-refractivity contribution in [1.29, 1.82) is 0 Å². The maximum atomic E-state index is 13.0. The number of nitrogens with one attached hydrogen (secondary N) is 1. The lowest BCUT2D eigenvalue weighted by molar-refractivity contribution is -0.137. The molecular weight excluding hydrogens is 390 g/mol. The third-order valence-corrected chi connectivity index (χ3v) is 6.17. The highest BCUT2D eigenvalue weighted by atomic mass is 16.2. The Morgan fingerprint density at radius 2 is 1.84 bits per heavy atom. The van der Waals surface area contributed by atoms with Gasteiger partial charge in [-0.2, -0.15) is 0 Å². The Labute approximate surface area is 183 Å². The number of amides is 3. The van der Waals surface area contributed by atoms with Gasteiger partial charge < -0.3 is 15.1 Å². The third-order valence-electron chi connectivity index (χ3n) is 6.17. The second-order valence-electron chi connectivity index (χ2n) is 8.81. The van der Waals surface area contributed by atoms with Crippen LogP contribution in [0.2, 0.25) is 0 Å². The van der Waals surface area contributed by atoms with Crippen molar-refractivity contribution < 1.29 is 14.4 Å². The summed E-state index contributed by atoms with van der Waals surface area (Å²) in [6, 6.07) is 14.6. The molecule has 0 unspecified atom stereocenters. The topological polar surface area (TPSA) is 69.7 Å². The van der Waals surface area contributed by atoms with Crippen molar-refractivity contribution >= 4 is 29.1 Å². The zero-order valence-corrected chi connectivity index (χ0v) is 18.1. The molecule has 0 spiro atoms. The molecule has 0 aromatic heterocycles. The van der Waals surface area contributed by atoms with Crippen molar-refractivity contribution in [3.8, 4) is 0 Å². The van der Waals surface area contributed by atoms with E-state index in [1.54, 1.807) is 23.1 Å². The van der Waals surface area contributed by atoms with E-state index < -0.39 is 0 Å². The average Bonchev–Trinajstić information content (AvgIpc) is 3.16. The highest BCUT2D eigenvalue weighted by Crippen LogP contribution is 2.28. The molecule has 1 N–H and O–H groups in total. The molecule has 0 aliphatic carbocycles. The molecular formula is C25H29N3O3. The fraction of sp³-hybridized carbons (Fsp3) is 0.400. The van der Waals surface area contributed by atoms with E-state index in [0.717, 1.165) is 37.2 Å². The van der Waals surface area contributed by atoms with Gasteiger partial charge in [0.15, 0.2) is 0 Å². The summed E-state index contributed by atoms with van der Waals surface area (Å²) in [6.07, 6.45) is 2.40. The number of likely N-dealkylation sites (tertiary alicyclic amines) is 1. The molecule has 2 fully saturated rings. The van der Waals surface area contributed by atoms with Crippen molar-refractivity contribution in [3.05, 3.63) is 59.7 Å². The predicted octanol–water partition coefficient (Wildman–Crippen LogP) is 3.86. The number of anilines is 2. The number of carbonyl (C=O) groups excluding carboxylic acids is 3. The third kappa shape index (κ3) is 4.79. The summed E-state index contributed by atoms with van der Waals surface area (Å²) in [6.45, 7) is 6.08. The Hall–Kier alpha value is -3.15. The van der Waals surface area contributed by atoms with Crippen LogP contribution in [0.15, 0.2) is 48.5 Å². The molecule has 2 atom stereocenters. The van der Waals surface area contributed by atoms with E-state index in [4.69, 9.17) is 0 Å². The van der Waals surface area contributed by atoms with Gasteiger partial charge in [0.05, 0.1) is 5.92 Å². The summed E-state index contributed by atoms with van der Waals surface area (Å²) in [4.78, 5) is 41.9. The van der Waals surface area contributed by atoms with Crippen molar-refractivity contribution in [2.75, 3.05) is 29.9 Å². The second-order valence-corrected chi connectivity index (χ2v) is 8.81. The smallest absolute Gasteiger partial charge is 0.255 e. The zero-order valence-electron chi connectivity index (χ0n) is 18.1. The van der Waals surface area contributed by atoms with Gasteiger partial charge in [-0.25, -0.2) is 0 Å². The summed E-state index contributed by atoms with van der Waals surface area (Å²) >= 11 is 0. The molecule has 0 radical (unpaired) electrons. The highest BCUT2D eigenvalue weighted by molar-refractivity contribution is 6.06. The number of hydrogen-bond acceptors (Lipinski definition) is 3. The molecule has 4 rings (SSSR count). The Kier molecular flexibility index (Phi) is 6.07. The van der Waals surface area contributed by atoms with Crippen molar-refractivity contribution in [2.45, 2.75) is 33.1 Å². The van der Waals surface area contributed by atoms with Crippen molar-refractivity contribution in [3.63, 3.8) is 0 Å². The van der Waals surface area contributed by atoms with Crippen LogP contribution in [0.5, 0.6) is 0 Å². The summed E-state index contributed by atoms with van der Waals surface area (Å²) in [5.41, 5.74) is 2.98. The molecule has 2 saturated heterocycles. The molecule has 2 heterocycles. The van der Waals surface area contributed by atoms with Crippen LogP contribution in [0.3, 0.4) is 0 Å². The number of benzene rings is 2. The Morgan fingerprint density at radius 3 is 2.58 bits per heavy atom. The molecule has 31 heavy (non-hydrogen) atoms. The Bertz CT molecular complexity index is 986. The maximum Gasteiger partial charge on any atom is 0.255 e. The van der Waals surface area contributed by atoms with Gasteiger partial charge in [0.2, 0.25) is 11.8 Å². The quantitative estimate of drug-likeness (QED) is 0.818.